The lowest BCUT2D eigenvalue weighted by molar-refractivity contribution is -0.148. The number of hydrogen-bond acceptors (Lipinski definition) is 3. The van der Waals surface area contributed by atoms with Crippen LogP contribution in [-0.4, -0.2) is 17.9 Å². The molecule has 0 fully saturated rings. The lowest BCUT2D eigenvalue weighted by atomic mass is 9.87. The number of ether oxygens (including phenoxy) is 1. The molecule has 0 radical (unpaired) electrons. The lowest BCUT2D eigenvalue weighted by Gasteiger charge is -2.20. The summed E-state index contributed by atoms with van der Waals surface area (Å²) < 4.78 is 5.48. The van der Waals surface area contributed by atoms with Crippen LogP contribution in [0.5, 0.6) is 0 Å². The van der Waals surface area contributed by atoms with Gasteiger partial charge in [-0.1, -0.05) is 55.5 Å². The molecule has 24 heavy (non-hydrogen) atoms. The van der Waals surface area contributed by atoms with Gasteiger partial charge in [-0.25, -0.2) is 0 Å². The predicted octanol–water partition coefficient (Wildman–Crippen LogP) is 4.61. The van der Waals surface area contributed by atoms with Crippen molar-refractivity contribution in [2.75, 3.05) is 0 Å². The van der Waals surface area contributed by atoms with E-state index in [0.29, 0.717) is 17.5 Å². The van der Waals surface area contributed by atoms with E-state index in [4.69, 9.17) is 4.74 Å². The van der Waals surface area contributed by atoms with E-state index in [1.54, 1.807) is 12.1 Å². The molecule has 0 amide bonds. The Kier molecular flexibility index (Phi) is 5.91. The lowest BCUT2D eigenvalue weighted by Crippen LogP contribution is -2.28. The van der Waals surface area contributed by atoms with E-state index in [9.17, 15) is 9.59 Å². The average Bonchev–Trinajstić information content (AvgIpc) is 2.55. The Hall–Kier alpha value is -2.42. The quantitative estimate of drug-likeness (QED) is 0.443. The Bertz CT molecular complexity index is 699. The first-order chi connectivity index (χ1) is 11.5. The second-order valence-electron chi connectivity index (χ2n) is 6.13. The molecule has 0 saturated carbocycles. The second-order valence-corrected chi connectivity index (χ2v) is 6.13. The van der Waals surface area contributed by atoms with Crippen LogP contribution >= 0.6 is 0 Å². The Balaban J connectivity index is 2.46. The molecule has 3 heteroatoms. The highest BCUT2D eigenvalue weighted by Crippen LogP contribution is 2.27. The van der Waals surface area contributed by atoms with Gasteiger partial charge < -0.3 is 4.74 Å². The second kappa shape index (κ2) is 7.91. The zero-order valence-corrected chi connectivity index (χ0v) is 14.7. The first kappa shape index (κ1) is 17.9. The van der Waals surface area contributed by atoms with Crippen molar-refractivity contribution in [3.8, 4) is 0 Å². The largest absolute Gasteiger partial charge is 0.462 e. The number of carbonyl (C=O) groups is 2. The van der Waals surface area contributed by atoms with Crippen LogP contribution in [-0.2, 0) is 9.53 Å². The zero-order chi connectivity index (χ0) is 17.7. The minimum Gasteiger partial charge on any atom is -0.462 e. The number of hydrogen-bond donors (Lipinski definition) is 0. The van der Waals surface area contributed by atoms with Gasteiger partial charge in [0, 0.05) is 5.56 Å². The molecule has 0 spiro atoms. The average molecular weight is 324 g/mol. The van der Waals surface area contributed by atoms with E-state index in [2.05, 4.69) is 0 Å². The molecule has 2 atom stereocenters. The molecule has 126 valence electrons. The monoisotopic (exact) mass is 324 g/mol. The number of Topliss-reactive ketones (excluding diaryl/α,β-unsaturated/α-hetero) is 1. The summed E-state index contributed by atoms with van der Waals surface area (Å²) in [7, 11) is 0. The van der Waals surface area contributed by atoms with E-state index < -0.39 is 11.9 Å². The summed E-state index contributed by atoms with van der Waals surface area (Å²) >= 11 is 0. The fourth-order valence-corrected chi connectivity index (χ4v) is 2.74. The Morgan fingerprint density at radius 1 is 0.958 bits per heavy atom. The van der Waals surface area contributed by atoms with Gasteiger partial charge in [-0.3, -0.25) is 9.59 Å². The molecule has 0 N–H and O–H groups in total. The van der Waals surface area contributed by atoms with Gasteiger partial charge in [-0.15, -0.1) is 0 Å². The molecule has 2 aromatic rings. The molecule has 0 aliphatic carbocycles. The van der Waals surface area contributed by atoms with Crippen molar-refractivity contribution < 1.29 is 14.3 Å². The van der Waals surface area contributed by atoms with Crippen LogP contribution in [0.1, 0.15) is 53.2 Å². The van der Waals surface area contributed by atoms with Crippen LogP contribution in [0.2, 0.25) is 0 Å². The van der Waals surface area contributed by atoms with Gasteiger partial charge in [0.15, 0.2) is 5.78 Å². The Labute approximate surface area is 143 Å². The number of benzene rings is 2. The van der Waals surface area contributed by atoms with Gasteiger partial charge in [0.2, 0.25) is 0 Å². The molecule has 0 heterocycles. The number of carbonyl (C=O) groups excluding carboxylic acids is 2. The number of aryl methyl sites for hydroxylation is 2. The van der Waals surface area contributed by atoms with Crippen molar-refractivity contribution in [2.45, 2.75) is 46.1 Å². The molecule has 2 aromatic carbocycles. The summed E-state index contributed by atoms with van der Waals surface area (Å²) in [5, 5.41) is 0. The van der Waals surface area contributed by atoms with Crippen molar-refractivity contribution in [3.63, 3.8) is 0 Å². The highest BCUT2D eigenvalue weighted by molar-refractivity contribution is 6.14. The molecule has 2 unspecified atom stereocenters. The van der Waals surface area contributed by atoms with Crippen LogP contribution in [0, 0.1) is 13.8 Å². The van der Waals surface area contributed by atoms with Crippen molar-refractivity contribution in [1.82, 2.24) is 0 Å². The van der Waals surface area contributed by atoms with Crippen molar-refractivity contribution in [3.05, 3.63) is 70.8 Å². The SMILES string of the molecule is CCC(C)OC(=O)C(C(=O)c1c(C)cccc1C)c1ccccc1. The van der Waals surface area contributed by atoms with Crippen LogP contribution in [0.4, 0.5) is 0 Å². The maximum absolute atomic E-state index is 13.2. The minimum atomic E-state index is -0.931. The fraction of sp³-hybridized carbons (Fsp3) is 0.333. The van der Waals surface area contributed by atoms with Crippen LogP contribution < -0.4 is 0 Å². The smallest absolute Gasteiger partial charge is 0.321 e. The van der Waals surface area contributed by atoms with Crippen molar-refractivity contribution in [1.29, 1.82) is 0 Å². The van der Waals surface area contributed by atoms with Gasteiger partial charge >= 0.3 is 5.97 Å². The fourth-order valence-electron chi connectivity index (χ4n) is 2.74. The summed E-state index contributed by atoms with van der Waals surface area (Å²) in [6.45, 7) is 7.57. The molecule has 3 nitrogen and oxygen atoms in total. The minimum absolute atomic E-state index is 0.204. The summed E-state index contributed by atoms with van der Waals surface area (Å²) in [6, 6.07) is 14.8. The molecule has 2 rings (SSSR count). The highest BCUT2D eigenvalue weighted by atomic mass is 16.5. The summed E-state index contributed by atoms with van der Waals surface area (Å²) in [5.41, 5.74) is 3.01. The third-order valence-electron chi connectivity index (χ3n) is 4.25. The van der Waals surface area contributed by atoms with Crippen molar-refractivity contribution >= 4 is 11.8 Å². The summed E-state index contributed by atoms with van der Waals surface area (Å²) in [4.78, 5) is 25.9. The third-order valence-corrected chi connectivity index (χ3v) is 4.25. The van der Waals surface area contributed by atoms with E-state index in [1.807, 2.05) is 64.1 Å². The predicted molar refractivity (Wildman–Crippen MR) is 95.3 cm³/mol. The van der Waals surface area contributed by atoms with E-state index in [-0.39, 0.29) is 11.9 Å². The molecular weight excluding hydrogens is 300 g/mol. The maximum atomic E-state index is 13.2. The van der Waals surface area contributed by atoms with Gasteiger partial charge in [-0.05, 0) is 43.9 Å². The highest BCUT2D eigenvalue weighted by Gasteiger charge is 2.33. The standard InChI is InChI=1S/C21H24O3/c1-5-16(4)24-21(23)19(17-12-7-6-8-13-17)20(22)18-14(2)10-9-11-15(18)3/h6-13,16,19H,5H2,1-4H3. The number of esters is 1. The summed E-state index contributed by atoms with van der Waals surface area (Å²) in [6.07, 6.45) is 0.500. The van der Waals surface area contributed by atoms with Gasteiger partial charge in [0.1, 0.15) is 5.92 Å². The third kappa shape index (κ3) is 3.91. The van der Waals surface area contributed by atoms with E-state index >= 15 is 0 Å². The molecule has 0 saturated heterocycles. The van der Waals surface area contributed by atoms with E-state index in [1.165, 1.54) is 0 Å². The van der Waals surface area contributed by atoms with Crippen molar-refractivity contribution in [2.24, 2.45) is 0 Å². The maximum Gasteiger partial charge on any atom is 0.321 e. The van der Waals surface area contributed by atoms with Gasteiger partial charge in [0.05, 0.1) is 6.10 Å². The molecular formula is C21H24O3. The van der Waals surface area contributed by atoms with E-state index in [0.717, 1.165) is 11.1 Å². The normalized spacial score (nSPS) is 13.2. The molecule has 0 aliphatic rings. The topological polar surface area (TPSA) is 43.4 Å². The number of rotatable bonds is 6. The Morgan fingerprint density at radius 3 is 2.08 bits per heavy atom. The van der Waals surface area contributed by atoms with Crippen LogP contribution in [0.15, 0.2) is 48.5 Å². The Morgan fingerprint density at radius 2 is 1.54 bits per heavy atom. The summed E-state index contributed by atoms with van der Waals surface area (Å²) in [5.74, 6) is -1.62. The molecule has 0 bridgehead atoms. The van der Waals surface area contributed by atoms with Crippen LogP contribution in [0.25, 0.3) is 0 Å². The van der Waals surface area contributed by atoms with Gasteiger partial charge in [-0.2, -0.15) is 0 Å². The van der Waals surface area contributed by atoms with Crippen LogP contribution in [0.3, 0.4) is 0 Å². The zero-order valence-electron chi connectivity index (χ0n) is 14.7. The first-order valence-electron chi connectivity index (χ1n) is 8.31. The molecule has 0 aliphatic heterocycles. The molecule has 0 aromatic heterocycles. The first-order valence-corrected chi connectivity index (χ1v) is 8.31. The number of ketones is 1. The van der Waals surface area contributed by atoms with Gasteiger partial charge in [0.25, 0.3) is 0 Å².